The highest BCUT2D eigenvalue weighted by molar-refractivity contribution is 6.33. The highest BCUT2D eigenvalue weighted by Crippen LogP contribution is 2.37. The van der Waals surface area contributed by atoms with Crippen LogP contribution in [0.15, 0.2) is 28.8 Å². The molecule has 3 aromatic rings. The van der Waals surface area contributed by atoms with Gasteiger partial charge in [0.2, 0.25) is 0 Å². The number of nitrogens with zero attached hydrogens (tertiary/aromatic N) is 5. The van der Waals surface area contributed by atoms with Gasteiger partial charge in [-0.3, -0.25) is 0 Å². The van der Waals surface area contributed by atoms with Crippen molar-refractivity contribution < 1.29 is 4.52 Å². The normalized spacial score (nSPS) is 17.5. The smallest absolute Gasteiger partial charge is 0.278 e. The molecule has 1 aromatic carbocycles. The summed E-state index contributed by atoms with van der Waals surface area (Å²) in [6.45, 7) is 5.03. The summed E-state index contributed by atoms with van der Waals surface area (Å²) in [5, 5.41) is 17.6. The van der Waals surface area contributed by atoms with Crippen molar-refractivity contribution in [3.63, 3.8) is 0 Å². The van der Waals surface area contributed by atoms with Gasteiger partial charge < -0.3 is 14.7 Å². The summed E-state index contributed by atoms with van der Waals surface area (Å²) >= 11 is 12.7. The van der Waals surface area contributed by atoms with E-state index in [0.29, 0.717) is 33.4 Å². The van der Waals surface area contributed by atoms with E-state index in [1.54, 1.807) is 6.07 Å². The molecule has 0 radical (unpaired) electrons. The summed E-state index contributed by atoms with van der Waals surface area (Å²) in [5.74, 6) is 1.70. The van der Waals surface area contributed by atoms with Crippen LogP contribution >= 0.6 is 23.2 Å². The first-order valence-corrected chi connectivity index (χ1v) is 11.0. The van der Waals surface area contributed by atoms with Gasteiger partial charge in [0.25, 0.3) is 5.89 Å². The van der Waals surface area contributed by atoms with Gasteiger partial charge in [0.15, 0.2) is 11.5 Å². The maximum absolute atomic E-state index is 6.47. The van der Waals surface area contributed by atoms with Crippen molar-refractivity contribution in [2.24, 2.45) is 5.92 Å². The number of aromatic nitrogens is 4. The number of benzene rings is 1. The summed E-state index contributed by atoms with van der Waals surface area (Å²) < 4.78 is 5.49. The van der Waals surface area contributed by atoms with Gasteiger partial charge >= 0.3 is 0 Å². The van der Waals surface area contributed by atoms with Crippen molar-refractivity contribution in [1.29, 1.82) is 0 Å². The Bertz CT molecular complexity index is 1070. The fourth-order valence-electron chi connectivity index (χ4n) is 4.07. The molecular formula is C21H22Cl2N6O. The van der Waals surface area contributed by atoms with Crippen molar-refractivity contribution in [3.8, 4) is 11.6 Å². The average Bonchev–Trinajstić information content (AvgIpc) is 3.20. The zero-order valence-corrected chi connectivity index (χ0v) is 18.1. The van der Waals surface area contributed by atoms with E-state index in [9.17, 15) is 0 Å². The molecule has 0 bridgehead atoms. The molecular weight excluding hydrogens is 423 g/mol. The Kier molecular flexibility index (Phi) is 5.35. The number of hydrogen-bond acceptors (Lipinski definition) is 7. The Morgan fingerprint density at radius 3 is 2.90 bits per heavy atom. The van der Waals surface area contributed by atoms with Crippen LogP contribution in [0.25, 0.3) is 11.6 Å². The second-order valence-corrected chi connectivity index (χ2v) is 8.79. The number of halogens is 2. The van der Waals surface area contributed by atoms with E-state index in [1.807, 2.05) is 18.2 Å². The lowest BCUT2D eigenvalue weighted by Gasteiger charge is -2.36. The fraction of sp³-hybridized carbons (Fsp3) is 0.429. The van der Waals surface area contributed by atoms with Crippen molar-refractivity contribution in [2.45, 2.75) is 32.2 Å². The van der Waals surface area contributed by atoms with Crippen LogP contribution in [0, 0.1) is 5.92 Å². The summed E-state index contributed by atoms with van der Waals surface area (Å²) in [7, 11) is 0. The van der Waals surface area contributed by atoms with Crippen LogP contribution in [-0.2, 0) is 12.8 Å². The molecule has 1 N–H and O–H groups in total. The number of hydrogen-bond donors (Lipinski definition) is 1. The predicted octanol–water partition coefficient (Wildman–Crippen LogP) is 4.11. The minimum atomic E-state index is 0.0386. The van der Waals surface area contributed by atoms with Gasteiger partial charge in [-0.1, -0.05) is 28.4 Å². The Morgan fingerprint density at radius 2 is 2.10 bits per heavy atom. The lowest BCUT2D eigenvalue weighted by molar-refractivity contribution is 0.333. The first-order valence-electron chi connectivity index (χ1n) is 10.2. The molecule has 30 heavy (non-hydrogen) atoms. The molecule has 1 fully saturated rings. The van der Waals surface area contributed by atoms with Gasteiger partial charge in [0.05, 0.1) is 17.4 Å². The largest absolute Gasteiger partial charge is 0.363 e. The topological polar surface area (TPSA) is 80.0 Å². The van der Waals surface area contributed by atoms with E-state index in [2.05, 4.69) is 37.5 Å². The quantitative estimate of drug-likeness (QED) is 0.633. The Labute approximate surface area is 184 Å². The van der Waals surface area contributed by atoms with E-state index in [-0.39, 0.29) is 6.04 Å². The Morgan fingerprint density at radius 1 is 1.23 bits per heavy atom. The van der Waals surface area contributed by atoms with Gasteiger partial charge in [-0.25, -0.2) is 0 Å². The molecule has 0 amide bonds. The fourth-order valence-corrected chi connectivity index (χ4v) is 4.53. The zero-order chi connectivity index (χ0) is 20.7. The van der Waals surface area contributed by atoms with Crippen LogP contribution in [-0.4, -0.2) is 40.0 Å². The molecule has 5 rings (SSSR count). The van der Waals surface area contributed by atoms with Gasteiger partial charge in [0, 0.05) is 23.0 Å². The molecule has 9 heteroatoms. The summed E-state index contributed by atoms with van der Waals surface area (Å²) in [5.41, 5.74) is 3.58. The van der Waals surface area contributed by atoms with Gasteiger partial charge in [0.1, 0.15) is 0 Å². The third-order valence-electron chi connectivity index (χ3n) is 5.87. The third kappa shape index (κ3) is 3.77. The summed E-state index contributed by atoms with van der Waals surface area (Å²) in [6, 6.07) is 7.61. The van der Waals surface area contributed by atoms with Crippen molar-refractivity contribution in [3.05, 3.63) is 51.4 Å². The number of fused-ring (bicyclic) bond motifs is 1. The minimum absolute atomic E-state index is 0.0386. The van der Waals surface area contributed by atoms with Crippen LogP contribution in [0.2, 0.25) is 10.0 Å². The van der Waals surface area contributed by atoms with Crippen LogP contribution in [0.1, 0.15) is 36.5 Å². The molecule has 2 aromatic heterocycles. The molecule has 2 aliphatic heterocycles. The van der Waals surface area contributed by atoms with E-state index >= 15 is 0 Å². The molecule has 7 nitrogen and oxygen atoms in total. The minimum Gasteiger partial charge on any atom is -0.363 e. The maximum atomic E-state index is 6.47. The highest BCUT2D eigenvalue weighted by atomic mass is 35.5. The summed E-state index contributed by atoms with van der Waals surface area (Å²) in [6.07, 6.45) is 2.70. The predicted molar refractivity (Wildman–Crippen MR) is 116 cm³/mol. The SMILES string of the molecule is C[C@H](c1cc(Cl)ccc1Cl)N1CCCc2nnc(-c3nc(CC4CNC4)no3)cc21. The molecule has 1 atom stereocenters. The molecule has 0 spiro atoms. The van der Waals surface area contributed by atoms with Crippen molar-refractivity contribution >= 4 is 28.9 Å². The van der Waals surface area contributed by atoms with E-state index in [0.717, 1.165) is 55.8 Å². The molecule has 2 aliphatic rings. The lowest BCUT2D eigenvalue weighted by Crippen LogP contribution is -2.43. The van der Waals surface area contributed by atoms with Crippen LogP contribution in [0.4, 0.5) is 5.69 Å². The van der Waals surface area contributed by atoms with Gasteiger partial charge in [-0.05, 0) is 68.6 Å². The van der Waals surface area contributed by atoms with E-state index in [4.69, 9.17) is 27.7 Å². The second kappa shape index (κ2) is 8.13. The van der Waals surface area contributed by atoms with Crippen molar-refractivity contribution in [1.82, 2.24) is 25.7 Å². The van der Waals surface area contributed by atoms with Crippen LogP contribution < -0.4 is 10.2 Å². The Hall–Kier alpha value is -2.22. The number of rotatable bonds is 5. The van der Waals surface area contributed by atoms with Gasteiger partial charge in [-0.2, -0.15) is 10.1 Å². The first-order chi connectivity index (χ1) is 14.6. The molecule has 0 unspecified atom stereocenters. The first kappa shape index (κ1) is 19.7. The number of anilines is 1. The zero-order valence-electron chi connectivity index (χ0n) is 16.6. The molecule has 4 heterocycles. The monoisotopic (exact) mass is 444 g/mol. The molecule has 156 valence electrons. The third-order valence-corrected chi connectivity index (χ3v) is 6.45. The Balaban J connectivity index is 1.45. The summed E-state index contributed by atoms with van der Waals surface area (Å²) in [4.78, 5) is 6.84. The number of nitrogens with one attached hydrogen (secondary N) is 1. The standard InChI is InChI=1S/C21H22Cl2N6O/c1-12(15-8-14(22)4-5-16(15)23)29-6-2-3-17-19(29)9-18(27-26-17)21-25-20(28-30-21)7-13-10-24-11-13/h4-5,8-9,12-13,24H,2-3,6-7,10-11H2,1H3/t12-/m1/s1. The van der Waals surface area contributed by atoms with Crippen LogP contribution in [0.5, 0.6) is 0 Å². The molecule has 1 saturated heterocycles. The second-order valence-electron chi connectivity index (χ2n) is 7.94. The van der Waals surface area contributed by atoms with E-state index in [1.165, 1.54) is 0 Å². The molecule has 0 aliphatic carbocycles. The highest BCUT2D eigenvalue weighted by Gasteiger charge is 2.27. The van der Waals surface area contributed by atoms with Gasteiger partial charge in [-0.15, -0.1) is 5.10 Å². The number of aryl methyl sites for hydroxylation is 1. The average molecular weight is 445 g/mol. The maximum Gasteiger partial charge on any atom is 0.278 e. The van der Waals surface area contributed by atoms with Crippen LogP contribution in [0.3, 0.4) is 0 Å². The van der Waals surface area contributed by atoms with Crippen molar-refractivity contribution in [2.75, 3.05) is 24.5 Å². The lowest BCUT2D eigenvalue weighted by atomic mass is 9.99. The van der Waals surface area contributed by atoms with E-state index < -0.39 is 0 Å². The molecule has 0 saturated carbocycles.